The summed E-state index contributed by atoms with van der Waals surface area (Å²) in [6, 6.07) is 6.82. The molecule has 0 saturated carbocycles. The zero-order valence-corrected chi connectivity index (χ0v) is 11.7. The molecular formula is C11H15BrN2O2S. The second-order valence-corrected chi connectivity index (χ2v) is 6.79. The van der Waals surface area contributed by atoms with E-state index in [9.17, 15) is 8.42 Å². The fraction of sp³-hybridized carbons (Fsp3) is 0.455. The molecule has 2 N–H and O–H groups in total. The van der Waals surface area contributed by atoms with E-state index in [-0.39, 0.29) is 6.04 Å². The summed E-state index contributed by atoms with van der Waals surface area (Å²) < 4.78 is 27.1. The summed E-state index contributed by atoms with van der Waals surface area (Å²) in [6.45, 7) is 0.940. The first-order valence-corrected chi connectivity index (χ1v) is 7.77. The van der Waals surface area contributed by atoms with Gasteiger partial charge in [-0.15, -0.1) is 0 Å². The number of hydrogen-bond acceptors (Lipinski definition) is 3. The van der Waals surface area contributed by atoms with Gasteiger partial charge < -0.3 is 5.73 Å². The highest BCUT2D eigenvalue weighted by atomic mass is 79.9. The Bertz CT molecular complexity index is 504. The number of rotatable bonds is 3. The van der Waals surface area contributed by atoms with Crippen LogP contribution in [0.3, 0.4) is 0 Å². The maximum absolute atomic E-state index is 12.5. The van der Waals surface area contributed by atoms with Crippen molar-refractivity contribution >= 4 is 26.0 Å². The van der Waals surface area contributed by atoms with E-state index in [4.69, 9.17) is 5.73 Å². The van der Waals surface area contributed by atoms with Crippen LogP contribution in [-0.2, 0) is 10.0 Å². The molecule has 1 unspecified atom stereocenters. The maximum atomic E-state index is 12.5. The first-order chi connectivity index (χ1) is 8.07. The van der Waals surface area contributed by atoms with Gasteiger partial charge in [0.05, 0.1) is 4.90 Å². The molecule has 1 fully saturated rings. The van der Waals surface area contributed by atoms with E-state index >= 15 is 0 Å². The highest BCUT2D eigenvalue weighted by Crippen LogP contribution is 2.29. The van der Waals surface area contributed by atoms with Crippen LogP contribution in [0.25, 0.3) is 0 Å². The van der Waals surface area contributed by atoms with Gasteiger partial charge in [0, 0.05) is 23.6 Å². The third-order valence-corrected chi connectivity index (χ3v) is 5.98. The lowest BCUT2D eigenvalue weighted by molar-refractivity contribution is 0.393. The van der Waals surface area contributed by atoms with Crippen molar-refractivity contribution in [3.05, 3.63) is 28.7 Å². The van der Waals surface area contributed by atoms with Crippen LogP contribution in [0.5, 0.6) is 0 Å². The van der Waals surface area contributed by atoms with Crippen LogP contribution < -0.4 is 5.73 Å². The monoisotopic (exact) mass is 318 g/mol. The lowest BCUT2D eigenvalue weighted by Gasteiger charge is -2.23. The second kappa shape index (κ2) is 5.06. The van der Waals surface area contributed by atoms with Crippen molar-refractivity contribution in [2.75, 3.05) is 13.1 Å². The minimum Gasteiger partial charge on any atom is -0.329 e. The molecule has 1 aliphatic rings. The Morgan fingerprint density at radius 3 is 2.76 bits per heavy atom. The minimum absolute atomic E-state index is 0.0629. The number of halogens is 1. The van der Waals surface area contributed by atoms with E-state index in [1.165, 1.54) is 4.31 Å². The number of nitrogens with zero attached hydrogens (tertiary/aromatic N) is 1. The number of sulfonamides is 1. The average molecular weight is 319 g/mol. The van der Waals surface area contributed by atoms with Crippen molar-refractivity contribution in [1.82, 2.24) is 4.31 Å². The number of hydrogen-bond donors (Lipinski definition) is 1. The van der Waals surface area contributed by atoms with Crippen molar-refractivity contribution in [2.24, 2.45) is 5.73 Å². The smallest absolute Gasteiger partial charge is 0.244 e. The quantitative estimate of drug-likeness (QED) is 0.920. The first-order valence-electron chi connectivity index (χ1n) is 5.54. The molecule has 1 atom stereocenters. The molecule has 0 amide bonds. The van der Waals surface area contributed by atoms with Gasteiger partial charge in [-0.2, -0.15) is 4.31 Å². The molecular weight excluding hydrogens is 304 g/mol. The summed E-state index contributed by atoms with van der Waals surface area (Å²) in [5.41, 5.74) is 5.62. The highest BCUT2D eigenvalue weighted by molar-refractivity contribution is 9.10. The van der Waals surface area contributed by atoms with Gasteiger partial charge >= 0.3 is 0 Å². The van der Waals surface area contributed by atoms with Crippen molar-refractivity contribution in [3.63, 3.8) is 0 Å². The summed E-state index contributed by atoms with van der Waals surface area (Å²) in [7, 11) is -3.42. The van der Waals surface area contributed by atoms with Gasteiger partial charge in [0.1, 0.15) is 0 Å². The Morgan fingerprint density at radius 2 is 2.12 bits per heavy atom. The predicted octanol–water partition coefficient (Wildman–Crippen LogP) is 1.56. The summed E-state index contributed by atoms with van der Waals surface area (Å²) in [4.78, 5) is 0.320. The van der Waals surface area contributed by atoms with Crippen molar-refractivity contribution in [1.29, 1.82) is 0 Å². The largest absolute Gasteiger partial charge is 0.329 e. The minimum atomic E-state index is -3.42. The molecule has 1 saturated heterocycles. The van der Waals surface area contributed by atoms with Gasteiger partial charge in [0.15, 0.2) is 0 Å². The van der Waals surface area contributed by atoms with Crippen LogP contribution in [0.4, 0.5) is 0 Å². The van der Waals surface area contributed by atoms with E-state index in [0.717, 1.165) is 12.8 Å². The normalized spacial score (nSPS) is 21.9. The highest BCUT2D eigenvalue weighted by Gasteiger charge is 2.35. The molecule has 0 aromatic heterocycles. The van der Waals surface area contributed by atoms with E-state index in [2.05, 4.69) is 15.9 Å². The SMILES string of the molecule is NCC1CCCN1S(=O)(=O)c1ccccc1Br. The van der Waals surface area contributed by atoms with Gasteiger partial charge in [-0.25, -0.2) is 8.42 Å². The number of nitrogens with two attached hydrogens (primary N) is 1. The Kier molecular flexibility index (Phi) is 3.87. The Hall–Kier alpha value is -0.430. The van der Waals surface area contributed by atoms with Crippen molar-refractivity contribution < 1.29 is 8.42 Å². The summed E-state index contributed by atoms with van der Waals surface area (Å²) in [5.74, 6) is 0. The molecule has 1 aromatic rings. The maximum Gasteiger partial charge on any atom is 0.244 e. The second-order valence-electron chi connectivity index (χ2n) is 4.08. The Labute approximate surface area is 110 Å². The predicted molar refractivity (Wildman–Crippen MR) is 70.1 cm³/mol. The lowest BCUT2D eigenvalue weighted by Crippen LogP contribution is -2.39. The molecule has 94 valence electrons. The lowest BCUT2D eigenvalue weighted by atomic mass is 10.2. The molecule has 6 heteroatoms. The topological polar surface area (TPSA) is 63.4 Å². The molecule has 0 aliphatic carbocycles. The molecule has 4 nitrogen and oxygen atoms in total. The van der Waals surface area contributed by atoms with Gasteiger partial charge in [0.2, 0.25) is 10.0 Å². The first kappa shape index (κ1) is 13.0. The zero-order chi connectivity index (χ0) is 12.5. The number of benzene rings is 1. The average Bonchev–Trinajstić information content (AvgIpc) is 2.78. The fourth-order valence-electron chi connectivity index (χ4n) is 2.14. The van der Waals surface area contributed by atoms with Gasteiger partial charge in [-0.1, -0.05) is 12.1 Å². The third-order valence-electron chi connectivity index (χ3n) is 3.02. The van der Waals surface area contributed by atoms with E-state index in [0.29, 0.717) is 22.5 Å². The molecule has 1 aromatic carbocycles. The zero-order valence-electron chi connectivity index (χ0n) is 9.34. The molecule has 2 rings (SSSR count). The van der Waals surface area contributed by atoms with Crippen molar-refractivity contribution in [3.8, 4) is 0 Å². The van der Waals surface area contributed by atoms with Crippen LogP contribution in [0, 0.1) is 0 Å². The van der Waals surface area contributed by atoms with Gasteiger partial charge in [0.25, 0.3) is 0 Å². The molecule has 1 heterocycles. The van der Waals surface area contributed by atoms with E-state index in [1.54, 1.807) is 24.3 Å². The Morgan fingerprint density at radius 1 is 1.41 bits per heavy atom. The third kappa shape index (κ3) is 2.40. The molecule has 0 radical (unpaired) electrons. The van der Waals surface area contributed by atoms with Gasteiger partial charge in [-0.3, -0.25) is 0 Å². The van der Waals surface area contributed by atoms with Gasteiger partial charge in [-0.05, 0) is 40.9 Å². The van der Waals surface area contributed by atoms with E-state index < -0.39 is 10.0 Å². The van der Waals surface area contributed by atoms with Crippen LogP contribution in [0.15, 0.2) is 33.6 Å². The molecule has 0 bridgehead atoms. The summed E-state index contributed by atoms with van der Waals surface area (Å²) in [6.07, 6.45) is 1.73. The van der Waals surface area contributed by atoms with Crippen LogP contribution >= 0.6 is 15.9 Å². The molecule has 0 spiro atoms. The van der Waals surface area contributed by atoms with Crippen LogP contribution in [-0.4, -0.2) is 31.9 Å². The standard InChI is InChI=1S/C11H15BrN2O2S/c12-10-5-1-2-6-11(10)17(15,16)14-7-3-4-9(14)8-13/h1-2,5-6,9H,3-4,7-8,13H2. The summed E-state index contributed by atoms with van der Waals surface area (Å²) >= 11 is 3.28. The molecule has 17 heavy (non-hydrogen) atoms. The summed E-state index contributed by atoms with van der Waals surface area (Å²) in [5, 5.41) is 0. The van der Waals surface area contributed by atoms with E-state index in [1.807, 2.05) is 0 Å². The Balaban J connectivity index is 2.40. The van der Waals surface area contributed by atoms with Crippen molar-refractivity contribution in [2.45, 2.75) is 23.8 Å². The fourth-order valence-corrected chi connectivity index (χ4v) is 4.81. The van der Waals surface area contributed by atoms with Crippen LogP contribution in [0.1, 0.15) is 12.8 Å². The molecule has 1 aliphatic heterocycles. The van der Waals surface area contributed by atoms with Crippen LogP contribution in [0.2, 0.25) is 0 Å².